The number of phenols is 1. The van der Waals surface area contributed by atoms with Crippen molar-refractivity contribution in [2.45, 2.75) is 4.90 Å². The van der Waals surface area contributed by atoms with E-state index in [1.54, 1.807) is 12.1 Å². The van der Waals surface area contributed by atoms with Gasteiger partial charge in [-0.1, -0.05) is 0 Å². The Bertz CT molecular complexity index is 701. The molecule has 22 heavy (non-hydrogen) atoms. The number of azo groups is 1. The van der Waals surface area contributed by atoms with E-state index in [0.29, 0.717) is 11.4 Å². The molecule has 0 atom stereocenters. The second kappa shape index (κ2) is 9.64. The molecule has 0 bridgehead atoms. The molecule has 0 aliphatic heterocycles. The Morgan fingerprint density at radius 1 is 0.818 bits per heavy atom. The number of aromatic hydroxyl groups is 1. The fourth-order valence-electron chi connectivity index (χ4n) is 1.31. The van der Waals surface area contributed by atoms with Crippen molar-refractivity contribution in [3.63, 3.8) is 0 Å². The molecular formula is C12H13N2NaO6S. The molecule has 0 unspecified atom stereocenters. The van der Waals surface area contributed by atoms with Crippen LogP contribution in [0.3, 0.4) is 0 Å². The molecule has 0 saturated carbocycles. The minimum absolute atomic E-state index is 0. The largest absolute Gasteiger partial charge is 1.00 e. The first kappa shape index (κ1) is 22.9. The monoisotopic (exact) mass is 336 g/mol. The Balaban J connectivity index is 0. The van der Waals surface area contributed by atoms with Crippen molar-refractivity contribution >= 4 is 21.5 Å². The smallest absolute Gasteiger partial charge is 0.744 e. The molecule has 0 saturated heterocycles. The standard InChI is InChI=1S/C12H10N2O4S.Na.2H2O/c15-11-5-1-9(2-6-11)13-14-10-3-7-12(8-4-10)19(16,17)18;;;/h1-8,15H,(H,16,17,18);;2*1H2/q;+1;;/p-1. The van der Waals surface area contributed by atoms with E-state index >= 15 is 0 Å². The van der Waals surface area contributed by atoms with Gasteiger partial charge in [-0.25, -0.2) is 8.42 Å². The Morgan fingerprint density at radius 3 is 1.55 bits per heavy atom. The van der Waals surface area contributed by atoms with Crippen molar-refractivity contribution in [2.75, 3.05) is 0 Å². The number of nitrogens with zero attached hydrogens (tertiary/aromatic N) is 2. The molecule has 0 spiro atoms. The summed E-state index contributed by atoms with van der Waals surface area (Å²) in [6.45, 7) is 0. The first-order valence-corrected chi connectivity index (χ1v) is 6.63. The Kier molecular flexibility index (Phi) is 10.1. The Labute approximate surface area is 149 Å². The summed E-state index contributed by atoms with van der Waals surface area (Å²) in [6.07, 6.45) is 0. The summed E-state index contributed by atoms with van der Waals surface area (Å²) in [6, 6.07) is 11.2. The summed E-state index contributed by atoms with van der Waals surface area (Å²) in [5, 5.41) is 16.9. The third-order valence-electron chi connectivity index (χ3n) is 2.26. The van der Waals surface area contributed by atoms with Gasteiger partial charge in [0.05, 0.1) is 16.3 Å². The van der Waals surface area contributed by atoms with Crippen LogP contribution >= 0.6 is 0 Å². The normalized spacial score (nSPS) is 10.2. The van der Waals surface area contributed by atoms with Crippen LogP contribution in [0.4, 0.5) is 11.4 Å². The van der Waals surface area contributed by atoms with E-state index in [4.69, 9.17) is 5.11 Å². The van der Waals surface area contributed by atoms with Crippen molar-refractivity contribution in [3.8, 4) is 5.75 Å². The molecular weight excluding hydrogens is 323 g/mol. The summed E-state index contributed by atoms with van der Waals surface area (Å²) >= 11 is 0. The molecule has 0 aliphatic carbocycles. The predicted molar refractivity (Wildman–Crippen MR) is 73.9 cm³/mol. The van der Waals surface area contributed by atoms with Gasteiger partial charge in [0, 0.05) is 0 Å². The Morgan fingerprint density at radius 2 is 1.18 bits per heavy atom. The van der Waals surface area contributed by atoms with Crippen LogP contribution < -0.4 is 29.6 Å². The van der Waals surface area contributed by atoms with Gasteiger partial charge in [-0.05, 0) is 48.5 Å². The molecule has 10 heteroatoms. The van der Waals surface area contributed by atoms with Gasteiger partial charge in [0.2, 0.25) is 0 Å². The molecule has 2 rings (SSSR count). The molecule has 8 nitrogen and oxygen atoms in total. The summed E-state index contributed by atoms with van der Waals surface area (Å²) in [5.74, 6) is 0.129. The maximum Gasteiger partial charge on any atom is 1.00 e. The summed E-state index contributed by atoms with van der Waals surface area (Å²) in [5.41, 5.74) is 0.957. The van der Waals surface area contributed by atoms with E-state index < -0.39 is 10.1 Å². The van der Waals surface area contributed by atoms with Gasteiger partial charge in [-0.2, -0.15) is 10.2 Å². The van der Waals surface area contributed by atoms with E-state index in [0.717, 1.165) is 0 Å². The van der Waals surface area contributed by atoms with Crippen LogP contribution in [0.15, 0.2) is 63.7 Å². The summed E-state index contributed by atoms with van der Waals surface area (Å²) in [7, 11) is -4.44. The van der Waals surface area contributed by atoms with E-state index in [2.05, 4.69) is 10.2 Å². The fraction of sp³-hybridized carbons (Fsp3) is 0. The van der Waals surface area contributed by atoms with Crippen LogP contribution in [0.2, 0.25) is 0 Å². The topological polar surface area (TPSA) is 165 Å². The first-order chi connectivity index (χ1) is 8.95. The summed E-state index contributed by atoms with van der Waals surface area (Å²) < 4.78 is 32.2. The van der Waals surface area contributed by atoms with Crippen LogP contribution in [0.5, 0.6) is 5.75 Å². The van der Waals surface area contributed by atoms with Gasteiger partial charge in [-0.15, -0.1) is 0 Å². The Hall–Kier alpha value is -1.33. The third kappa shape index (κ3) is 6.62. The molecule has 0 aliphatic rings. The number of benzene rings is 2. The molecule has 0 radical (unpaired) electrons. The van der Waals surface area contributed by atoms with Crippen molar-refractivity contribution < 1.29 is 58.6 Å². The second-order valence-electron chi connectivity index (χ2n) is 3.66. The number of hydrogen-bond acceptors (Lipinski definition) is 6. The average molecular weight is 336 g/mol. The molecule has 2 aromatic rings. The maximum absolute atomic E-state index is 10.7. The summed E-state index contributed by atoms with van der Waals surface area (Å²) in [4.78, 5) is -0.309. The molecule has 0 amide bonds. The minimum Gasteiger partial charge on any atom is -0.744 e. The van der Waals surface area contributed by atoms with Gasteiger partial charge in [0.15, 0.2) is 0 Å². The molecule has 0 heterocycles. The number of phenolic OH excluding ortho intramolecular Hbond substituents is 1. The van der Waals surface area contributed by atoms with E-state index in [1.807, 2.05) is 0 Å². The van der Waals surface area contributed by atoms with E-state index in [-0.39, 0.29) is 51.2 Å². The second-order valence-corrected chi connectivity index (χ2v) is 5.04. The van der Waals surface area contributed by atoms with Crippen LogP contribution in [0.1, 0.15) is 0 Å². The first-order valence-electron chi connectivity index (χ1n) is 5.22. The van der Waals surface area contributed by atoms with Gasteiger partial charge in [-0.3, -0.25) is 0 Å². The zero-order valence-electron chi connectivity index (χ0n) is 11.6. The van der Waals surface area contributed by atoms with Gasteiger partial charge in [0.1, 0.15) is 15.9 Å². The van der Waals surface area contributed by atoms with Gasteiger partial charge in [0.25, 0.3) is 0 Å². The average Bonchev–Trinajstić information content (AvgIpc) is 2.37. The minimum atomic E-state index is -4.44. The third-order valence-corrected chi connectivity index (χ3v) is 3.11. The quantitative estimate of drug-likeness (QED) is 0.392. The molecule has 0 fully saturated rings. The molecule has 0 aromatic heterocycles. The van der Waals surface area contributed by atoms with Crippen LogP contribution in [-0.4, -0.2) is 29.0 Å². The van der Waals surface area contributed by atoms with Crippen molar-refractivity contribution in [3.05, 3.63) is 48.5 Å². The maximum atomic E-state index is 10.7. The number of hydrogen-bond donors (Lipinski definition) is 1. The van der Waals surface area contributed by atoms with Crippen molar-refractivity contribution in [1.29, 1.82) is 0 Å². The van der Waals surface area contributed by atoms with Crippen LogP contribution in [0, 0.1) is 0 Å². The predicted octanol–water partition coefficient (Wildman–Crippen LogP) is -1.93. The van der Waals surface area contributed by atoms with E-state index in [1.165, 1.54) is 36.4 Å². The fourth-order valence-corrected chi connectivity index (χ4v) is 1.78. The molecule has 2 aromatic carbocycles. The van der Waals surface area contributed by atoms with Gasteiger partial charge < -0.3 is 20.6 Å². The van der Waals surface area contributed by atoms with Crippen LogP contribution in [0.25, 0.3) is 0 Å². The molecule has 114 valence electrons. The van der Waals surface area contributed by atoms with Gasteiger partial charge >= 0.3 is 29.6 Å². The van der Waals surface area contributed by atoms with E-state index in [9.17, 15) is 13.0 Å². The zero-order valence-corrected chi connectivity index (χ0v) is 14.4. The van der Waals surface area contributed by atoms with Crippen molar-refractivity contribution in [1.82, 2.24) is 0 Å². The molecule has 5 N–H and O–H groups in total. The van der Waals surface area contributed by atoms with Crippen LogP contribution in [-0.2, 0) is 10.1 Å². The SMILES string of the molecule is O.O.O=S(=O)([O-])c1ccc(N=Nc2ccc(O)cc2)cc1.[Na+]. The zero-order chi connectivity index (χ0) is 13.9. The number of rotatable bonds is 3. The van der Waals surface area contributed by atoms with Crippen molar-refractivity contribution in [2.24, 2.45) is 10.2 Å².